The zero-order valence-electron chi connectivity index (χ0n) is 11.3. The molecule has 0 heterocycles. The van der Waals surface area contributed by atoms with Crippen LogP contribution in [0.2, 0.25) is 0 Å². The molecule has 0 atom stereocenters. The molecule has 0 saturated heterocycles. The fraction of sp³-hybridized carbons (Fsp3) is 0.294. The predicted molar refractivity (Wildman–Crippen MR) is 77.0 cm³/mol. The van der Waals surface area contributed by atoms with Crippen LogP contribution in [-0.4, -0.2) is 6.04 Å². The molecule has 3 rings (SSSR count). The molecule has 0 radical (unpaired) electrons. The number of nitrogens with one attached hydrogen (secondary N) is 1. The number of rotatable bonds is 6. The van der Waals surface area contributed by atoms with Crippen molar-refractivity contribution in [1.29, 1.82) is 0 Å². The van der Waals surface area contributed by atoms with Crippen LogP contribution in [0.4, 0.5) is 4.39 Å². The van der Waals surface area contributed by atoms with E-state index in [2.05, 4.69) is 5.32 Å². The third-order valence-corrected chi connectivity index (χ3v) is 3.42. The van der Waals surface area contributed by atoms with Crippen molar-refractivity contribution in [3.8, 4) is 5.75 Å². The van der Waals surface area contributed by atoms with Crippen LogP contribution in [0.15, 0.2) is 48.5 Å². The molecule has 3 heteroatoms. The SMILES string of the molecule is Fc1ccc(OCc2ccccc2)cc1CNC1CC1. The Kier molecular flexibility index (Phi) is 3.97. The maximum Gasteiger partial charge on any atom is 0.127 e. The van der Waals surface area contributed by atoms with Crippen LogP contribution in [0.25, 0.3) is 0 Å². The van der Waals surface area contributed by atoms with Crippen LogP contribution in [0.5, 0.6) is 5.75 Å². The predicted octanol–water partition coefficient (Wildman–Crippen LogP) is 3.66. The molecule has 20 heavy (non-hydrogen) atoms. The van der Waals surface area contributed by atoms with Crippen molar-refractivity contribution in [3.05, 3.63) is 65.5 Å². The van der Waals surface area contributed by atoms with Crippen LogP contribution in [0, 0.1) is 5.82 Å². The number of halogens is 1. The molecular weight excluding hydrogens is 253 g/mol. The van der Waals surface area contributed by atoms with E-state index >= 15 is 0 Å². The summed E-state index contributed by atoms with van der Waals surface area (Å²) < 4.78 is 19.4. The summed E-state index contributed by atoms with van der Waals surface area (Å²) >= 11 is 0. The highest BCUT2D eigenvalue weighted by molar-refractivity contribution is 5.30. The first-order valence-corrected chi connectivity index (χ1v) is 7.00. The second-order valence-corrected chi connectivity index (χ2v) is 5.18. The van der Waals surface area contributed by atoms with Gasteiger partial charge in [-0.15, -0.1) is 0 Å². The van der Waals surface area contributed by atoms with E-state index in [1.165, 1.54) is 18.9 Å². The molecule has 2 nitrogen and oxygen atoms in total. The lowest BCUT2D eigenvalue weighted by molar-refractivity contribution is 0.305. The maximum absolute atomic E-state index is 13.7. The van der Waals surface area contributed by atoms with Gasteiger partial charge in [0.25, 0.3) is 0 Å². The highest BCUT2D eigenvalue weighted by atomic mass is 19.1. The Morgan fingerprint density at radius 2 is 1.90 bits per heavy atom. The van der Waals surface area contributed by atoms with E-state index in [9.17, 15) is 4.39 Å². The molecule has 1 saturated carbocycles. The van der Waals surface area contributed by atoms with Gasteiger partial charge < -0.3 is 10.1 Å². The van der Waals surface area contributed by atoms with E-state index in [4.69, 9.17) is 4.74 Å². The van der Waals surface area contributed by atoms with Gasteiger partial charge in [0, 0.05) is 18.2 Å². The van der Waals surface area contributed by atoms with Crippen molar-refractivity contribution in [2.75, 3.05) is 0 Å². The topological polar surface area (TPSA) is 21.3 Å². The minimum absolute atomic E-state index is 0.176. The number of benzene rings is 2. The van der Waals surface area contributed by atoms with Crippen LogP contribution in [0.1, 0.15) is 24.0 Å². The number of hydrogen-bond acceptors (Lipinski definition) is 2. The van der Waals surface area contributed by atoms with Gasteiger partial charge in [0.1, 0.15) is 18.2 Å². The van der Waals surface area contributed by atoms with E-state index in [-0.39, 0.29) is 5.82 Å². The Bertz CT molecular complexity index is 566. The van der Waals surface area contributed by atoms with Crippen molar-refractivity contribution in [2.24, 2.45) is 0 Å². The Morgan fingerprint density at radius 3 is 2.65 bits per heavy atom. The van der Waals surface area contributed by atoms with E-state index in [1.807, 2.05) is 30.3 Å². The molecule has 0 bridgehead atoms. The van der Waals surface area contributed by atoms with Crippen molar-refractivity contribution >= 4 is 0 Å². The fourth-order valence-electron chi connectivity index (χ4n) is 2.06. The average molecular weight is 271 g/mol. The maximum atomic E-state index is 13.7. The second-order valence-electron chi connectivity index (χ2n) is 5.18. The molecule has 1 aliphatic carbocycles. The van der Waals surface area contributed by atoms with Crippen molar-refractivity contribution in [2.45, 2.75) is 32.0 Å². The first kappa shape index (κ1) is 13.1. The van der Waals surface area contributed by atoms with Gasteiger partial charge in [-0.2, -0.15) is 0 Å². The van der Waals surface area contributed by atoms with E-state index < -0.39 is 0 Å². The largest absolute Gasteiger partial charge is 0.489 e. The van der Waals surface area contributed by atoms with Crippen LogP contribution >= 0.6 is 0 Å². The molecule has 0 spiro atoms. The standard InChI is InChI=1S/C17H18FNO/c18-17-9-8-16(10-14(17)11-19-15-6-7-15)20-12-13-4-2-1-3-5-13/h1-5,8-10,15,19H,6-7,11-12H2. The lowest BCUT2D eigenvalue weighted by atomic mass is 10.2. The monoisotopic (exact) mass is 271 g/mol. The Hall–Kier alpha value is -1.87. The lowest BCUT2D eigenvalue weighted by Crippen LogP contribution is -2.16. The second kappa shape index (κ2) is 6.06. The minimum Gasteiger partial charge on any atom is -0.489 e. The third-order valence-electron chi connectivity index (χ3n) is 3.42. The van der Waals surface area contributed by atoms with E-state index in [0.29, 0.717) is 30.5 Å². The van der Waals surface area contributed by atoms with E-state index in [0.717, 1.165) is 5.56 Å². The fourth-order valence-corrected chi connectivity index (χ4v) is 2.06. The number of hydrogen-bond donors (Lipinski definition) is 1. The van der Waals surface area contributed by atoms with Gasteiger partial charge in [0.15, 0.2) is 0 Å². The summed E-state index contributed by atoms with van der Waals surface area (Å²) in [6.45, 7) is 1.07. The summed E-state index contributed by atoms with van der Waals surface area (Å²) in [5.74, 6) is 0.535. The summed E-state index contributed by atoms with van der Waals surface area (Å²) in [6, 6.07) is 15.5. The normalized spacial score (nSPS) is 14.2. The molecule has 1 aliphatic rings. The summed E-state index contributed by atoms with van der Waals surface area (Å²) in [4.78, 5) is 0. The highest BCUT2D eigenvalue weighted by Crippen LogP contribution is 2.22. The van der Waals surface area contributed by atoms with Crippen LogP contribution < -0.4 is 10.1 Å². The van der Waals surface area contributed by atoms with E-state index in [1.54, 1.807) is 12.1 Å². The summed E-state index contributed by atoms with van der Waals surface area (Å²) in [5.41, 5.74) is 1.77. The molecule has 0 aliphatic heterocycles. The van der Waals surface area contributed by atoms with Gasteiger partial charge in [-0.3, -0.25) is 0 Å². The summed E-state index contributed by atoms with van der Waals surface area (Å²) in [6.07, 6.45) is 2.40. The van der Waals surface area contributed by atoms with Gasteiger partial charge >= 0.3 is 0 Å². The molecule has 1 N–H and O–H groups in total. The highest BCUT2D eigenvalue weighted by Gasteiger charge is 2.20. The Morgan fingerprint density at radius 1 is 1.10 bits per heavy atom. The quantitative estimate of drug-likeness (QED) is 0.865. The van der Waals surface area contributed by atoms with Gasteiger partial charge in [-0.05, 0) is 36.6 Å². The molecule has 0 amide bonds. The molecule has 1 fully saturated rings. The van der Waals surface area contributed by atoms with Crippen LogP contribution in [0.3, 0.4) is 0 Å². The first-order valence-electron chi connectivity index (χ1n) is 7.00. The van der Waals surface area contributed by atoms with Crippen molar-refractivity contribution in [1.82, 2.24) is 5.32 Å². The minimum atomic E-state index is -0.176. The Balaban J connectivity index is 1.62. The first-order chi connectivity index (χ1) is 9.81. The average Bonchev–Trinajstić information content (AvgIpc) is 3.30. The van der Waals surface area contributed by atoms with Gasteiger partial charge in [-0.1, -0.05) is 30.3 Å². The van der Waals surface area contributed by atoms with Crippen molar-refractivity contribution in [3.63, 3.8) is 0 Å². The Labute approximate surface area is 118 Å². The third kappa shape index (κ3) is 3.58. The lowest BCUT2D eigenvalue weighted by Gasteiger charge is -2.10. The molecule has 2 aromatic carbocycles. The van der Waals surface area contributed by atoms with Crippen molar-refractivity contribution < 1.29 is 9.13 Å². The van der Waals surface area contributed by atoms with Crippen LogP contribution in [-0.2, 0) is 13.2 Å². The number of ether oxygens (including phenoxy) is 1. The zero-order chi connectivity index (χ0) is 13.8. The molecular formula is C17H18FNO. The summed E-state index contributed by atoms with van der Waals surface area (Å²) in [7, 11) is 0. The molecule has 2 aromatic rings. The smallest absolute Gasteiger partial charge is 0.127 e. The molecule has 0 aromatic heterocycles. The molecule has 104 valence electrons. The molecule has 0 unspecified atom stereocenters. The van der Waals surface area contributed by atoms with Gasteiger partial charge in [-0.25, -0.2) is 4.39 Å². The van der Waals surface area contributed by atoms with Gasteiger partial charge in [0.2, 0.25) is 0 Å². The summed E-state index contributed by atoms with van der Waals surface area (Å²) in [5, 5.41) is 3.32. The zero-order valence-corrected chi connectivity index (χ0v) is 11.3. The van der Waals surface area contributed by atoms with Gasteiger partial charge in [0.05, 0.1) is 0 Å².